The summed E-state index contributed by atoms with van der Waals surface area (Å²) in [6.45, 7) is 8.13. The van der Waals surface area contributed by atoms with Crippen molar-refractivity contribution < 1.29 is 0 Å². The number of likely N-dealkylation sites (tertiary alicyclic amines) is 1. The molecule has 2 heteroatoms. The van der Waals surface area contributed by atoms with Crippen LogP contribution in [0.1, 0.15) is 45.1 Å². The van der Waals surface area contributed by atoms with Gasteiger partial charge in [-0.2, -0.15) is 0 Å². The van der Waals surface area contributed by atoms with E-state index < -0.39 is 0 Å². The van der Waals surface area contributed by atoms with E-state index in [4.69, 9.17) is 0 Å². The summed E-state index contributed by atoms with van der Waals surface area (Å²) in [6.07, 6.45) is 5.25. The number of hydrogen-bond donors (Lipinski definition) is 1. The van der Waals surface area contributed by atoms with E-state index in [0.29, 0.717) is 12.1 Å². The summed E-state index contributed by atoms with van der Waals surface area (Å²) < 4.78 is 0. The molecule has 1 fully saturated rings. The van der Waals surface area contributed by atoms with Crippen molar-refractivity contribution in [3.8, 4) is 0 Å². The summed E-state index contributed by atoms with van der Waals surface area (Å²) in [6, 6.07) is 12.2. The first-order chi connectivity index (χ1) is 9.28. The maximum Gasteiger partial charge on any atom is 0.0234 e. The second kappa shape index (κ2) is 7.66. The van der Waals surface area contributed by atoms with Crippen LogP contribution >= 0.6 is 0 Å². The number of unbranched alkanes of at least 4 members (excludes halogenated alkanes) is 1. The largest absolute Gasteiger partial charge is 0.310 e. The van der Waals surface area contributed by atoms with Crippen LogP contribution in [0.15, 0.2) is 30.3 Å². The van der Waals surface area contributed by atoms with Crippen LogP contribution in [0.5, 0.6) is 0 Å². The predicted octanol–water partition coefficient (Wildman–Crippen LogP) is 3.43. The van der Waals surface area contributed by atoms with Crippen LogP contribution in [0.4, 0.5) is 0 Å². The van der Waals surface area contributed by atoms with Gasteiger partial charge in [0.15, 0.2) is 0 Å². The third kappa shape index (κ3) is 4.96. The molecule has 106 valence electrons. The fourth-order valence-corrected chi connectivity index (χ4v) is 2.95. The number of nitrogens with zero attached hydrogens (tertiary/aromatic N) is 1. The molecule has 2 rings (SSSR count). The molecule has 1 aliphatic rings. The Morgan fingerprint density at radius 3 is 2.84 bits per heavy atom. The van der Waals surface area contributed by atoms with Crippen molar-refractivity contribution in [1.82, 2.24) is 10.2 Å². The highest BCUT2D eigenvalue weighted by Crippen LogP contribution is 2.14. The first-order valence-electron chi connectivity index (χ1n) is 7.80. The molecule has 2 atom stereocenters. The molecule has 1 heterocycles. The van der Waals surface area contributed by atoms with Crippen molar-refractivity contribution >= 4 is 0 Å². The lowest BCUT2D eigenvalue weighted by atomic mass is 10.1. The molecule has 1 aliphatic heterocycles. The number of nitrogens with one attached hydrogen (secondary N) is 1. The van der Waals surface area contributed by atoms with Crippen LogP contribution in [0.2, 0.25) is 0 Å². The number of hydrogen-bond acceptors (Lipinski definition) is 2. The normalized spacial score (nSPS) is 21.7. The van der Waals surface area contributed by atoms with Crippen molar-refractivity contribution in [3.05, 3.63) is 35.9 Å². The Morgan fingerprint density at radius 2 is 2.11 bits per heavy atom. The molecule has 0 radical (unpaired) electrons. The Hall–Kier alpha value is -0.860. The second-order valence-electron chi connectivity index (χ2n) is 5.92. The molecule has 1 aromatic rings. The first kappa shape index (κ1) is 14.5. The van der Waals surface area contributed by atoms with Crippen molar-refractivity contribution in [3.63, 3.8) is 0 Å². The molecule has 0 saturated carbocycles. The summed E-state index contributed by atoms with van der Waals surface area (Å²) in [5, 5.41) is 3.79. The van der Waals surface area contributed by atoms with E-state index in [9.17, 15) is 0 Å². The van der Waals surface area contributed by atoms with E-state index in [2.05, 4.69) is 54.4 Å². The zero-order valence-electron chi connectivity index (χ0n) is 12.4. The Labute approximate surface area is 118 Å². The van der Waals surface area contributed by atoms with Crippen molar-refractivity contribution in [1.29, 1.82) is 0 Å². The zero-order valence-corrected chi connectivity index (χ0v) is 12.4. The van der Waals surface area contributed by atoms with Crippen LogP contribution in [-0.2, 0) is 6.54 Å². The predicted molar refractivity (Wildman–Crippen MR) is 82.2 cm³/mol. The van der Waals surface area contributed by atoms with Gasteiger partial charge >= 0.3 is 0 Å². The van der Waals surface area contributed by atoms with Gasteiger partial charge in [-0.05, 0) is 25.3 Å². The molecular formula is C17H28N2. The molecule has 0 aromatic heterocycles. The van der Waals surface area contributed by atoms with Gasteiger partial charge < -0.3 is 5.32 Å². The zero-order chi connectivity index (χ0) is 13.5. The van der Waals surface area contributed by atoms with Gasteiger partial charge in [-0.3, -0.25) is 4.90 Å². The van der Waals surface area contributed by atoms with E-state index in [1.165, 1.54) is 44.3 Å². The van der Waals surface area contributed by atoms with Crippen molar-refractivity contribution in [2.24, 2.45) is 0 Å². The molecule has 2 unspecified atom stereocenters. The lowest BCUT2D eigenvalue weighted by Gasteiger charge is -2.20. The molecule has 1 saturated heterocycles. The lowest BCUT2D eigenvalue weighted by Crippen LogP contribution is -2.38. The van der Waals surface area contributed by atoms with Crippen molar-refractivity contribution in [2.45, 2.75) is 58.2 Å². The van der Waals surface area contributed by atoms with Gasteiger partial charge in [0, 0.05) is 31.7 Å². The van der Waals surface area contributed by atoms with E-state index in [1.54, 1.807) is 0 Å². The summed E-state index contributed by atoms with van der Waals surface area (Å²) in [4.78, 5) is 2.57. The fraction of sp³-hybridized carbons (Fsp3) is 0.647. The van der Waals surface area contributed by atoms with E-state index in [0.717, 1.165) is 6.54 Å². The van der Waals surface area contributed by atoms with E-state index in [-0.39, 0.29) is 0 Å². The SMILES string of the molecule is CCCCC(C)NC1CCN(Cc2ccccc2)C1. The van der Waals surface area contributed by atoms with Crippen LogP contribution in [0, 0.1) is 0 Å². The van der Waals surface area contributed by atoms with Gasteiger partial charge in [-0.1, -0.05) is 50.1 Å². The number of rotatable bonds is 7. The Morgan fingerprint density at radius 1 is 1.32 bits per heavy atom. The number of benzene rings is 1. The lowest BCUT2D eigenvalue weighted by molar-refractivity contribution is 0.314. The monoisotopic (exact) mass is 260 g/mol. The summed E-state index contributed by atoms with van der Waals surface area (Å²) in [5.41, 5.74) is 1.43. The van der Waals surface area contributed by atoms with Crippen LogP contribution in [-0.4, -0.2) is 30.1 Å². The first-order valence-corrected chi connectivity index (χ1v) is 7.80. The Kier molecular flexibility index (Phi) is 5.87. The highest BCUT2D eigenvalue weighted by Gasteiger charge is 2.23. The van der Waals surface area contributed by atoms with Crippen LogP contribution in [0.3, 0.4) is 0 Å². The van der Waals surface area contributed by atoms with E-state index in [1.807, 2.05) is 0 Å². The van der Waals surface area contributed by atoms with Crippen LogP contribution in [0.25, 0.3) is 0 Å². The minimum atomic E-state index is 0.668. The molecular weight excluding hydrogens is 232 g/mol. The summed E-state index contributed by atoms with van der Waals surface area (Å²) >= 11 is 0. The van der Waals surface area contributed by atoms with Crippen molar-refractivity contribution in [2.75, 3.05) is 13.1 Å². The van der Waals surface area contributed by atoms with Gasteiger partial charge in [0.1, 0.15) is 0 Å². The summed E-state index contributed by atoms with van der Waals surface area (Å²) in [7, 11) is 0. The highest BCUT2D eigenvalue weighted by atomic mass is 15.2. The van der Waals surface area contributed by atoms with Gasteiger partial charge in [0.25, 0.3) is 0 Å². The molecule has 0 spiro atoms. The molecule has 19 heavy (non-hydrogen) atoms. The molecule has 2 nitrogen and oxygen atoms in total. The van der Waals surface area contributed by atoms with Gasteiger partial charge in [0.05, 0.1) is 0 Å². The van der Waals surface area contributed by atoms with Gasteiger partial charge in [-0.15, -0.1) is 0 Å². The standard InChI is InChI=1S/C17H28N2/c1-3-4-8-15(2)18-17-11-12-19(14-17)13-16-9-6-5-7-10-16/h5-7,9-10,15,17-18H,3-4,8,11-14H2,1-2H3. The average Bonchev–Trinajstić information content (AvgIpc) is 2.85. The third-order valence-corrected chi connectivity index (χ3v) is 4.03. The van der Waals surface area contributed by atoms with E-state index >= 15 is 0 Å². The third-order valence-electron chi connectivity index (χ3n) is 4.03. The van der Waals surface area contributed by atoms with Gasteiger partial charge in [0.2, 0.25) is 0 Å². The molecule has 0 bridgehead atoms. The second-order valence-corrected chi connectivity index (χ2v) is 5.92. The summed E-state index contributed by atoms with van der Waals surface area (Å²) in [5.74, 6) is 0. The quantitative estimate of drug-likeness (QED) is 0.808. The fourth-order valence-electron chi connectivity index (χ4n) is 2.95. The minimum Gasteiger partial charge on any atom is -0.310 e. The topological polar surface area (TPSA) is 15.3 Å². The maximum absolute atomic E-state index is 3.79. The molecule has 0 amide bonds. The highest BCUT2D eigenvalue weighted by molar-refractivity contribution is 5.14. The van der Waals surface area contributed by atoms with Gasteiger partial charge in [-0.25, -0.2) is 0 Å². The Balaban J connectivity index is 1.71. The molecule has 1 aromatic carbocycles. The Bertz CT molecular complexity index is 350. The molecule has 0 aliphatic carbocycles. The molecule has 1 N–H and O–H groups in total. The smallest absolute Gasteiger partial charge is 0.0234 e. The maximum atomic E-state index is 3.79. The van der Waals surface area contributed by atoms with Crippen LogP contribution < -0.4 is 5.32 Å². The minimum absolute atomic E-state index is 0.668. The average molecular weight is 260 g/mol.